The van der Waals surface area contributed by atoms with Crippen LogP contribution in [0.2, 0.25) is 0 Å². The molecule has 1 aliphatic rings. The molecular formula is C20H21S2+. The van der Waals surface area contributed by atoms with E-state index in [-0.39, 0.29) is 10.9 Å². The van der Waals surface area contributed by atoms with Gasteiger partial charge >= 0.3 is 0 Å². The molecule has 0 aliphatic carbocycles. The molecule has 0 nitrogen and oxygen atoms in total. The average molecular weight is 326 g/mol. The standard InChI is InChI=1S/C20H21S2/c1-2-3-4-5-6-11-16-22-19-14-9-7-12-17(19)21-18-13-8-10-15-20(18)22/h7-10,12-15H,2-6H2,1H3/q+1. The van der Waals surface area contributed by atoms with Gasteiger partial charge in [0, 0.05) is 6.42 Å². The summed E-state index contributed by atoms with van der Waals surface area (Å²) >= 11 is 1.88. The van der Waals surface area contributed by atoms with Crippen molar-refractivity contribution in [2.45, 2.75) is 58.6 Å². The van der Waals surface area contributed by atoms with E-state index in [9.17, 15) is 0 Å². The third kappa shape index (κ3) is 3.54. The van der Waals surface area contributed by atoms with Crippen molar-refractivity contribution in [1.82, 2.24) is 0 Å². The van der Waals surface area contributed by atoms with Crippen molar-refractivity contribution in [2.75, 3.05) is 0 Å². The number of unbranched alkanes of at least 4 members (excludes halogenated alkanes) is 4. The fourth-order valence-corrected chi connectivity index (χ4v) is 5.80. The van der Waals surface area contributed by atoms with Crippen molar-refractivity contribution in [3.8, 4) is 11.2 Å². The quantitative estimate of drug-likeness (QED) is 0.371. The first-order valence-corrected chi connectivity index (χ1v) is 10.0. The first-order valence-electron chi connectivity index (χ1n) is 7.99. The second-order valence-electron chi connectivity index (χ2n) is 5.39. The molecule has 2 aromatic rings. The topological polar surface area (TPSA) is 0 Å². The van der Waals surface area contributed by atoms with Crippen LogP contribution in [0.5, 0.6) is 0 Å². The third-order valence-corrected chi connectivity index (χ3v) is 7.04. The van der Waals surface area contributed by atoms with E-state index in [4.69, 9.17) is 0 Å². The molecule has 22 heavy (non-hydrogen) atoms. The van der Waals surface area contributed by atoms with Gasteiger partial charge in [0.05, 0.1) is 9.79 Å². The van der Waals surface area contributed by atoms with Crippen molar-refractivity contribution in [3.63, 3.8) is 0 Å². The Morgan fingerprint density at radius 1 is 0.864 bits per heavy atom. The summed E-state index contributed by atoms with van der Waals surface area (Å²) in [4.78, 5) is 5.52. The van der Waals surface area contributed by atoms with Gasteiger partial charge in [-0.05, 0) is 36.6 Å². The molecule has 112 valence electrons. The van der Waals surface area contributed by atoms with Crippen LogP contribution in [-0.4, -0.2) is 0 Å². The molecule has 1 heterocycles. The largest absolute Gasteiger partial charge is 0.189 e. The van der Waals surface area contributed by atoms with Gasteiger partial charge in [-0.3, -0.25) is 0 Å². The Morgan fingerprint density at radius 2 is 1.50 bits per heavy atom. The summed E-state index contributed by atoms with van der Waals surface area (Å²) in [5.41, 5.74) is 0. The number of benzene rings is 2. The summed E-state index contributed by atoms with van der Waals surface area (Å²) in [7, 11) is -0.0837. The van der Waals surface area contributed by atoms with Gasteiger partial charge in [0.25, 0.3) is 0 Å². The van der Waals surface area contributed by atoms with E-state index in [1.54, 1.807) is 0 Å². The monoisotopic (exact) mass is 325 g/mol. The fourth-order valence-electron chi connectivity index (χ4n) is 2.52. The van der Waals surface area contributed by atoms with Gasteiger partial charge in [-0.2, -0.15) is 0 Å². The highest BCUT2D eigenvalue weighted by Gasteiger charge is 2.34. The number of hydrogen-bond donors (Lipinski definition) is 0. The molecule has 2 heteroatoms. The van der Waals surface area contributed by atoms with Gasteiger partial charge < -0.3 is 0 Å². The molecule has 0 aromatic heterocycles. The number of hydrogen-bond acceptors (Lipinski definition) is 1. The molecule has 0 saturated carbocycles. The number of rotatable bonds is 4. The van der Waals surface area contributed by atoms with Crippen molar-refractivity contribution in [1.29, 1.82) is 0 Å². The summed E-state index contributed by atoms with van der Waals surface area (Å²) in [6.45, 7) is 2.25. The lowest BCUT2D eigenvalue weighted by molar-refractivity contribution is 0.680. The van der Waals surface area contributed by atoms with Crippen LogP contribution in [0.15, 0.2) is 68.1 Å². The highest BCUT2D eigenvalue weighted by atomic mass is 32.2. The SMILES string of the molecule is CCCCCCC#C[S+]1c2ccccc2Sc2ccccc21. The van der Waals surface area contributed by atoms with E-state index in [0.717, 1.165) is 6.42 Å². The highest BCUT2D eigenvalue weighted by molar-refractivity contribution is 8.06. The summed E-state index contributed by atoms with van der Waals surface area (Å²) in [5, 5.41) is 3.58. The van der Waals surface area contributed by atoms with E-state index in [2.05, 4.69) is 66.6 Å². The zero-order valence-electron chi connectivity index (χ0n) is 13.0. The van der Waals surface area contributed by atoms with Crippen molar-refractivity contribution in [3.05, 3.63) is 48.5 Å². The van der Waals surface area contributed by atoms with E-state index < -0.39 is 0 Å². The lowest BCUT2D eigenvalue weighted by Crippen LogP contribution is -2.07. The second-order valence-corrected chi connectivity index (χ2v) is 8.17. The normalized spacial score (nSPS) is 13.0. The fraction of sp³-hybridized carbons (Fsp3) is 0.300. The predicted molar refractivity (Wildman–Crippen MR) is 97.4 cm³/mol. The molecule has 0 bridgehead atoms. The molecule has 1 aliphatic heterocycles. The summed E-state index contributed by atoms with van der Waals surface area (Å²) in [5.74, 6) is 3.45. The predicted octanol–water partition coefficient (Wildman–Crippen LogP) is 6.12. The van der Waals surface area contributed by atoms with Crippen molar-refractivity contribution < 1.29 is 0 Å². The lowest BCUT2D eigenvalue weighted by Gasteiger charge is -2.14. The van der Waals surface area contributed by atoms with Crippen molar-refractivity contribution >= 4 is 22.7 Å². The molecule has 3 rings (SSSR count). The smallest absolute Gasteiger partial charge is 0.0794 e. The summed E-state index contributed by atoms with van der Waals surface area (Å²) in [6, 6.07) is 17.4. The van der Waals surface area contributed by atoms with Gasteiger partial charge in [0.1, 0.15) is 0 Å². The molecule has 0 unspecified atom stereocenters. The van der Waals surface area contributed by atoms with E-state index in [1.165, 1.54) is 45.3 Å². The van der Waals surface area contributed by atoms with Gasteiger partial charge in [0.2, 0.25) is 0 Å². The van der Waals surface area contributed by atoms with Crippen molar-refractivity contribution in [2.24, 2.45) is 0 Å². The Labute approximate surface area is 141 Å². The van der Waals surface area contributed by atoms with E-state index >= 15 is 0 Å². The lowest BCUT2D eigenvalue weighted by atomic mass is 10.2. The molecule has 0 N–H and O–H groups in total. The van der Waals surface area contributed by atoms with Gasteiger partial charge in [0.15, 0.2) is 25.9 Å². The van der Waals surface area contributed by atoms with Crippen LogP contribution in [0.3, 0.4) is 0 Å². The second kappa shape index (κ2) is 7.81. The van der Waals surface area contributed by atoms with Crippen LogP contribution in [0.4, 0.5) is 0 Å². The summed E-state index contributed by atoms with van der Waals surface area (Å²) < 4.78 is 0. The highest BCUT2D eigenvalue weighted by Crippen LogP contribution is 2.44. The van der Waals surface area contributed by atoms with Crippen LogP contribution < -0.4 is 0 Å². The van der Waals surface area contributed by atoms with Gasteiger partial charge in [-0.1, -0.05) is 62.2 Å². The Morgan fingerprint density at radius 3 is 2.14 bits per heavy atom. The number of fused-ring (bicyclic) bond motifs is 2. The molecular weight excluding hydrogens is 304 g/mol. The molecule has 0 radical (unpaired) electrons. The minimum Gasteiger partial charge on any atom is -0.0794 e. The zero-order valence-corrected chi connectivity index (χ0v) is 14.6. The zero-order chi connectivity index (χ0) is 15.2. The van der Waals surface area contributed by atoms with Crippen LogP contribution in [0, 0.1) is 11.2 Å². The molecule has 2 aromatic carbocycles. The van der Waals surface area contributed by atoms with Crippen LogP contribution in [0.1, 0.15) is 39.0 Å². The van der Waals surface area contributed by atoms with Gasteiger partial charge in [-0.25, -0.2) is 0 Å². The van der Waals surface area contributed by atoms with Crippen LogP contribution >= 0.6 is 11.8 Å². The molecule has 0 saturated heterocycles. The molecule has 0 spiro atoms. The Balaban J connectivity index is 1.82. The van der Waals surface area contributed by atoms with E-state index in [1.807, 2.05) is 11.8 Å². The average Bonchev–Trinajstić information content (AvgIpc) is 2.57. The van der Waals surface area contributed by atoms with Crippen LogP contribution in [0.25, 0.3) is 0 Å². The van der Waals surface area contributed by atoms with Gasteiger partial charge in [-0.15, -0.1) is 0 Å². The first kappa shape index (κ1) is 15.6. The molecule has 0 amide bonds. The Hall–Kier alpha value is -1.30. The minimum absolute atomic E-state index is 0.0837. The van der Waals surface area contributed by atoms with E-state index in [0.29, 0.717) is 0 Å². The maximum Gasteiger partial charge on any atom is 0.189 e. The summed E-state index contributed by atoms with van der Waals surface area (Å²) in [6.07, 6.45) is 6.19. The molecule has 0 atom stereocenters. The Kier molecular flexibility index (Phi) is 5.53. The van der Waals surface area contributed by atoms with Crippen LogP contribution in [-0.2, 0) is 10.9 Å². The minimum atomic E-state index is -0.0837. The maximum absolute atomic E-state index is 3.58. The maximum atomic E-state index is 3.58. The third-order valence-electron chi connectivity index (χ3n) is 3.69. The molecule has 0 fully saturated rings. The first-order chi connectivity index (χ1) is 10.9. The Bertz CT molecular complexity index is 649.